The van der Waals surface area contributed by atoms with Crippen LogP contribution in [0, 0.1) is 5.82 Å². The van der Waals surface area contributed by atoms with Gasteiger partial charge in [-0.15, -0.1) is 0 Å². The van der Waals surface area contributed by atoms with E-state index < -0.39 is 29.5 Å². The molecule has 2 N–H and O–H groups in total. The van der Waals surface area contributed by atoms with Crippen molar-refractivity contribution in [3.05, 3.63) is 65.7 Å². The van der Waals surface area contributed by atoms with Gasteiger partial charge in [0.25, 0.3) is 0 Å². The summed E-state index contributed by atoms with van der Waals surface area (Å²) in [6, 6.07) is 7.92. The van der Waals surface area contributed by atoms with Gasteiger partial charge in [0.2, 0.25) is 5.91 Å². The number of nitrogens with zero attached hydrogens (tertiary/aromatic N) is 1. The first-order valence-corrected chi connectivity index (χ1v) is 8.16. The monoisotopic (exact) mass is 359 g/mol. The van der Waals surface area contributed by atoms with Gasteiger partial charge in [-0.1, -0.05) is 18.2 Å². The van der Waals surface area contributed by atoms with Crippen LogP contribution in [0.15, 0.2) is 48.8 Å². The number of hydrogen-bond acceptors (Lipinski definition) is 4. The number of ether oxygens (including phenoxy) is 1. The van der Waals surface area contributed by atoms with Crippen LogP contribution >= 0.6 is 0 Å². The predicted molar refractivity (Wildman–Crippen MR) is 94.6 cm³/mol. The number of carbonyl (C=O) groups excluding carboxylic acids is 2. The molecular formula is C19H22FN3O3. The molecule has 6 nitrogen and oxygen atoms in total. The Kier molecular flexibility index (Phi) is 6.27. The number of rotatable bonds is 5. The molecule has 0 bridgehead atoms. The summed E-state index contributed by atoms with van der Waals surface area (Å²) in [5, 5.41) is 5.27. The molecule has 7 heteroatoms. The van der Waals surface area contributed by atoms with Crippen molar-refractivity contribution in [3.8, 4) is 0 Å². The van der Waals surface area contributed by atoms with Gasteiger partial charge in [-0.05, 0) is 50.1 Å². The highest BCUT2D eigenvalue weighted by Crippen LogP contribution is 2.16. The van der Waals surface area contributed by atoms with Crippen LogP contribution in [0.25, 0.3) is 0 Å². The van der Waals surface area contributed by atoms with Crippen molar-refractivity contribution in [1.82, 2.24) is 15.6 Å². The number of hydrogen-bond donors (Lipinski definition) is 2. The van der Waals surface area contributed by atoms with E-state index in [-0.39, 0.29) is 6.54 Å². The molecule has 0 aliphatic carbocycles. The molecule has 0 aliphatic rings. The minimum absolute atomic E-state index is 0.250. The lowest BCUT2D eigenvalue weighted by Gasteiger charge is -2.23. The fourth-order valence-corrected chi connectivity index (χ4v) is 2.17. The summed E-state index contributed by atoms with van der Waals surface area (Å²) in [6.07, 6.45) is 2.54. The van der Waals surface area contributed by atoms with Crippen LogP contribution in [-0.2, 0) is 16.1 Å². The zero-order valence-corrected chi connectivity index (χ0v) is 15.0. The van der Waals surface area contributed by atoms with Crippen LogP contribution in [-0.4, -0.2) is 22.6 Å². The van der Waals surface area contributed by atoms with E-state index in [4.69, 9.17) is 4.74 Å². The SMILES string of the molecule is CC(C)(C)OC(=O)N[C@H](C(=O)NCc1cccnc1)c1ccc(F)cc1. The highest BCUT2D eigenvalue weighted by Gasteiger charge is 2.25. The molecule has 0 saturated carbocycles. The van der Waals surface area contributed by atoms with E-state index in [2.05, 4.69) is 15.6 Å². The molecule has 1 atom stereocenters. The summed E-state index contributed by atoms with van der Waals surface area (Å²) in [4.78, 5) is 28.7. The van der Waals surface area contributed by atoms with E-state index in [0.717, 1.165) is 5.56 Å². The molecule has 1 heterocycles. The second-order valence-electron chi connectivity index (χ2n) is 6.71. The fraction of sp³-hybridized carbons (Fsp3) is 0.316. The Bertz CT molecular complexity index is 743. The van der Waals surface area contributed by atoms with Crippen LogP contribution in [0.2, 0.25) is 0 Å². The molecule has 2 rings (SSSR count). The van der Waals surface area contributed by atoms with Crippen molar-refractivity contribution >= 4 is 12.0 Å². The lowest BCUT2D eigenvalue weighted by Crippen LogP contribution is -2.42. The van der Waals surface area contributed by atoms with Crippen molar-refractivity contribution in [2.45, 2.75) is 39.0 Å². The van der Waals surface area contributed by atoms with Gasteiger partial charge in [-0.25, -0.2) is 9.18 Å². The van der Waals surface area contributed by atoms with Gasteiger partial charge in [0.1, 0.15) is 17.5 Å². The van der Waals surface area contributed by atoms with Crippen molar-refractivity contribution in [1.29, 1.82) is 0 Å². The lowest BCUT2D eigenvalue weighted by molar-refractivity contribution is -0.123. The Labute approximate surface area is 151 Å². The Morgan fingerprint density at radius 2 is 1.88 bits per heavy atom. The maximum Gasteiger partial charge on any atom is 0.408 e. The van der Waals surface area contributed by atoms with Crippen LogP contribution in [0.3, 0.4) is 0 Å². The average molecular weight is 359 g/mol. The lowest BCUT2D eigenvalue weighted by atomic mass is 10.1. The van der Waals surface area contributed by atoms with E-state index in [1.165, 1.54) is 24.3 Å². The van der Waals surface area contributed by atoms with Crippen LogP contribution in [0.1, 0.15) is 37.9 Å². The Hall–Kier alpha value is -2.96. The first kappa shape index (κ1) is 19.4. The normalized spacial score (nSPS) is 12.2. The van der Waals surface area contributed by atoms with Gasteiger partial charge in [0.05, 0.1) is 0 Å². The third-order valence-corrected chi connectivity index (χ3v) is 3.32. The Morgan fingerprint density at radius 3 is 2.46 bits per heavy atom. The summed E-state index contributed by atoms with van der Waals surface area (Å²) in [5.74, 6) is -0.869. The van der Waals surface area contributed by atoms with E-state index in [9.17, 15) is 14.0 Å². The molecule has 0 radical (unpaired) electrons. The van der Waals surface area contributed by atoms with Gasteiger partial charge < -0.3 is 15.4 Å². The van der Waals surface area contributed by atoms with Gasteiger partial charge in [-0.3, -0.25) is 9.78 Å². The molecule has 0 aliphatic heterocycles. The number of nitrogens with one attached hydrogen (secondary N) is 2. The Morgan fingerprint density at radius 1 is 1.19 bits per heavy atom. The second kappa shape index (κ2) is 8.42. The summed E-state index contributed by atoms with van der Waals surface area (Å²) in [7, 11) is 0. The fourth-order valence-electron chi connectivity index (χ4n) is 2.17. The highest BCUT2D eigenvalue weighted by atomic mass is 19.1. The second-order valence-corrected chi connectivity index (χ2v) is 6.71. The molecule has 2 aromatic rings. The number of amides is 2. The Balaban J connectivity index is 2.12. The molecule has 0 fully saturated rings. The first-order chi connectivity index (χ1) is 12.2. The smallest absolute Gasteiger partial charge is 0.408 e. The van der Waals surface area contributed by atoms with Crippen LogP contribution < -0.4 is 10.6 Å². The summed E-state index contributed by atoms with van der Waals surface area (Å²) in [6.45, 7) is 5.42. The molecule has 1 aromatic carbocycles. The number of alkyl carbamates (subject to hydrolysis) is 1. The van der Waals surface area contributed by atoms with E-state index >= 15 is 0 Å². The van der Waals surface area contributed by atoms with Crippen molar-refractivity contribution in [3.63, 3.8) is 0 Å². The molecule has 1 aromatic heterocycles. The van der Waals surface area contributed by atoms with Crippen LogP contribution in [0.4, 0.5) is 9.18 Å². The third-order valence-electron chi connectivity index (χ3n) is 3.32. The van der Waals surface area contributed by atoms with Crippen molar-refractivity contribution in [2.24, 2.45) is 0 Å². The molecule has 26 heavy (non-hydrogen) atoms. The average Bonchev–Trinajstić information content (AvgIpc) is 2.58. The maximum absolute atomic E-state index is 13.2. The van der Waals surface area contributed by atoms with E-state index in [1.807, 2.05) is 6.07 Å². The van der Waals surface area contributed by atoms with E-state index in [0.29, 0.717) is 5.56 Å². The quantitative estimate of drug-likeness (QED) is 0.860. The number of carbonyl (C=O) groups is 2. The van der Waals surface area contributed by atoms with Gasteiger partial charge >= 0.3 is 6.09 Å². The van der Waals surface area contributed by atoms with Crippen molar-refractivity contribution < 1.29 is 18.7 Å². The molecular weight excluding hydrogens is 337 g/mol. The predicted octanol–water partition coefficient (Wildman–Crippen LogP) is 3.10. The van der Waals surface area contributed by atoms with Crippen molar-refractivity contribution in [2.75, 3.05) is 0 Å². The molecule has 0 saturated heterocycles. The minimum Gasteiger partial charge on any atom is -0.444 e. The molecule has 0 unspecified atom stereocenters. The topological polar surface area (TPSA) is 80.3 Å². The number of halogens is 1. The molecule has 0 spiro atoms. The zero-order chi connectivity index (χ0) is 19.2. The molecule has 138 valence electrons. The number of aromatic nitrogens is 1. The standard InChI is InChI=1S/C19H22FN3O3/c1-19(2,3)26-18(25)23-16(14-6-8-15(20)9-7-14)17(24)22-12-13-5-4-10-21-11-13/h4-11,16H,12H2,1-3H3,(H,22,24)(H,23,25)/t16-/m0/s1. The first-order valence-electron chi connectivity index (χ1n) is 8.16. The summed E-state index contributed by atoms with van der Waals surface area (Å²) in [5.41, 5.74) is 0.556. The van der Waals surface area contributed by atoms with Gasteiger partial charge in [0.15, 0.2) is 0 Å². The maximum atomic E-state index is 13.2. The third kappa shape index (κ3) is 6.16. The largest absolute Gasteiger partial charge is 0.444 e. The summed E-state index contributed by atoms with van der Waals surface area (Å²) < 4.78 is 18.4. The number of pyridine rings is 1. The van der Waals surface area contributed by atoms with Crippen LogP contribution in [0.5, 0.6) is 0 Å². The van der Waals surface area contributed by atoms with Gasteiger partial charge in [-0.2, -0.15) is 0 Å². The molecule has 2 amide bonds. The number of benzene rings is 1. The van der Waals surface area contributed by atoms with Gasteiger partial charge in [0, 0.05) is 18.9 Å². The van der Waals surface area contributed by atoms with E-state index in [1.54, 1.807) is 39.2 Å². The highest BCUT2D eigenvalue weighted by molar-refractivity contribution is 5.86. The zero-order valence-electron chi connectivity index (χ0n) is 15.0. The summed E-state index contributed by atoms with van der Waals surface area (Å²) >= 11 is 0. The minimum atomic E-state index is -1.01.